The van der Waals surface area contributed by atoms with E-state index in [1.165, 1.54) is 4.90 Å². The van der Waals surface area contributed by atoms with E-state index < -0.39 is 5.97 Å². The van der Waals surface area contributed by atoms with Crippen molar-refractivity contribution in [1.29, 1.82) is 0 Å². The highest BCUT2D eigenvalue weighted by atomic mass is 16.4. The maximum atomic E-state index is 11.4. The molecule has 0 atom stereocenters. The number of aromatic carboxylic acids is 1. The number of aromatic nitrogens is 3. The Hall–Kier alpha value is -1.92. The Morgan fingerprint density at radius 3 is 2.58 bits per heavy atom. The van der Waals surface area contributed by atoms with Gasteiger partial charge in [-0.15, -0.1) is 5.10 Å². The summed E-state index contributed by atoms with van der Waals surface area (Å²) in [7, 11) is 3.42. The summed E-state index contributed by atoms with van der Waals surface area (Å²) in [5.74, 6) is -1.00. The fourth-order valence-electron chi connectivity index (χ4n) is 1.77. The van der Waals surface area contributed by atoms with E-state index in [1.54, 1.807) is 18.8 Å². The van der Waals surface area contributed by atoms with Crippen LogP contribution in [0.2, 0.25) is 0 Å². The molecular formula is C12H20N4O3. The minimum atomic E-state index is -1.06. The molecule has 0 aromatic carbocycles. The van der Waals surface area contributed by atoms with Crippen molar-refractivity contribution in [3.63, 3.8) is 0 Å². The fourth-order valence-corrected chi connectivity index (χ4v) is 1.77. The van der Waals surface area contributed by atoms with Gasteiger partial charge in [-0.3, -0.25) is 4.79 Å². The van der Waals surface area contributed by atoms with Crippen molar-refractivity contribution in [2.75, 3.05) is 14.1 Å². The lowest BCUT2D eigenvalue weighted by atomic mass is 10.2. The van der Waals surface area contributed by atoms with Crippen molar-refractivity contribution in [1.82, 2.24) is 19.9 Å². The van der Waals surface area contributed by atoms with Crippen molar-refractivity contribution in [3.05, 3.63) is 11.4 Å². The molecule has 19 heavy (non-hydrogen) atoms. The van der Waals surface area contributed by atoms with E-state index in [9.17, 15) is 9.59 Å². The Kier molecular flexibility index (Phi) is 5.47. The summed E-state index contributed by atoms with van der Waals surface area (Å²) < 4.78 is 1.59. The molecule has 0 fully saturated rings. The largest absolute Gasteiger partial charge is 0.476 e. The molecule has 1 aromatic rings. The zero-order valence-electron chi connectivity index (χ0n) is 11.6. The molecule has 1 rings (SSSR count). The summed E-state index contributed by atoms with van der Waals surface area (Å²) in [6, 6.07) is 0. The van der Waals surface area contributed by atoms with Gasteiger partial charge in [0.15, 0.2) is 5.69 Å². The molecule has 0 unspecified atom stereocenters. The molecule has 106 valence electrons. The summed E-state index contributed by atoms with van der Waals surface area (Å²) in [6.07, 6.45) is 2.48. The van der Waals surface area contributed by atoms with E-state index in [0.717, 1.165) is 6.42 Å². The monoisotopic (exact) mass is 268 g/mol. The van der Waals surface area contributed by atoms with Gasteiger partial charge >= 0.3 is 5.97 Å². The molecule has 1 N–H and O–H groups in total. The van der Waals surface area contributed by atoms with Crippen LogP contribution in [0.4, 0.5) is 0 Å². The number of rotatable bonds is 7. The molecule has 1 heterocycles. The summed E-state index contributed by atoms with van der Waals surface area (Å²) in [5.41, 5.74) is 0.646. The lowest BCUT2D eigenvalue weighted by Gasteiger charge is -2.10. The number of carboxylic acids is 1. The van der Waals surface area contributed by atoms with Crippen LogP contribution < -0.4 is 0 Å². The summed E-state index contributed by atoms with van der Waals surface area (Å²) in [5, 5.41) is 16.6. The third-order valence-electron chi connectivity index (χ3n) is 2.79. The van der Waals surface area contributed by atoms with Gasteiger partial charge in [0.25, 0.3) is 0 Å². The second-order valence-electron chi connectivity index (χ2n) is 4.55. The van der Waals surface area contributed by atoms with Gasteiger partial charge in [-0.2, -0.15) is 0 Å². The molecule has 7 nitrogen and oxygen atoms in total. The molecule has 0 aliphatic carbocycles. The number of carboxylic acid groups (broad SMARTS) is 1. The number of aryl methyl sites for hydroxylation is 1. The SMILES string of the molecule is CCCc1c(C(=O)O)nnn1CCCC(=O)N(C)C. The van der Waals surface area contributed by atoms with Gasteiger partial charge in [0.05, 0.1) is 5.69 Å². The molecule has 1 aromatic heterocycles. The minimum absolute atomic E-state index is 0.0146. The van der Waals surface area contributed by atoms with Crippen LogP contribution in [0.15, 0.2) is 0 Å². The quantitative estimate of drug-likeness (QED) is 0.790. The standard InChI is InChI=1S/C12H20N4O3/c1-4-6-9-11(12(18)19)13-14-16(9)8-5-7-10(17)15(2)3/h4-8H2,1-3H3,(H,18,19). The first kappa shape index (κ1) is 15.1. The van der Waals surface area contributed by atoms with Crippen molar-refractivity contribution in [3.8, 4) is 0 Å². The van der Waals surface area contributed by atoms with Crippen LogP contribution >= 0.6 is 0 Å². The van der Waals surface area contributed by atoms with Crippen LogP contribution in [0, 0.1) is 0 Å². The van der Waals surface area contributed by atoms with Gasteiger partial charge in [0, 0.05) is 27.1 Å². The van der Waals surface area contributed by atoms with Crippen LogP contribution in [-0.4, -0.2) is 51.0 Å². The Balaban J connectivity index is 2.68. The van der Waals surface area contributed by atoms with Crippen molar-refractivity contribution < 1.29 is 14.7 Å². The third kappa shape index (κ3) is 4.04. The van der Waals surface area contributed by atoms with E-state index in [2.05, 4.69) is 10.3 Å². The van der Waals surface area contributed by atoms with Crippen LogP contribution in [-0.2, 0) is 17.8 Å². The second kappa shape index (κ2) is 6.86. The van der Waals surface area contributed by atoms with Crippen molar-refractivity contribution in [2.45, 2.75) is 39.2 Å². The molecule has 0 saturated heterocycles. The predicted octanol–water partition coefficient (Wildman–Crippen LogP) is 0.797. The zero-order valence-corrected chi connectivity index (χ0v) is 11.6. The Bertz CT molecular complexity index is 454. The zero-order chi connectivity index (χ0) is 14.4. The predicted molar refractivity (Wildman–Crippen MR) is 68.9 cm³/mol. The molecule has 0 saturated carbocycles. The number of carbonyl (C=O) groups is 2. The molecule has 0 aliphatic rings. The fraction of sp³-hybridized carbons (Fsp3) is 0.667. The molecule has 0 aliphatic heterocycles. The average Bonchev–Trinajstić information content (AvgIpc) is 2.73. The normalized spacial score (nSPS) is 10.5. The van der Waals surface area contributed by atoms with Gasteiger partial charge in [0.2, 0.25) is 5.91 Å². The number of hydrogen-bond donors (Lipinski definition) is 1. The van der Waals surface area contributed by atoms with Gasteiger partial charge in [-0.25, -0.2) is 9.48 Å². The molecule has 0 radical (unpaired) electrons. The average molecular weight is 268 g/mol. The van der Waals surface area contributed by atoms with E-state index in [0.29, 0.717) is 31.5 Å². The van der Waals surface area contributed by atoms with Gasteiger partial charge in [-0.1, -0.05) is 18.6 Å². The summed E-state index contributed by atoms with van der Waals surface area (Å²) in [4.78, 5) is 24.0. The Morgan fingerprint density at radius 1 is 1.37 bits per heavy atom. The van der Waals surface area contributed by atoms with Crippen LogP contribution in [0.5, 0.6) is 0 Å². The molecule has 0 bridgehead atoms. The van der Waals surface area contributed by atoms with E-state index in [1.807, 2.05) is 6.92 Å². The highest BCUT2D eigenvalue weighted by molar-refractivity contribution is 5.86. The number of hydrogen-bond acceptors (Lipinski definition) is 4. The first-order chi connectivity index (χ1) is 8.97. The second-order valence-corrected chi connectivity index (χ2v) is 4.55. The van der Waals surface area contributed by atoms with Crippen LogP contribution in [0.1, 0.15) is 42.4 Å². The maximum Gasteiger partial charge on any atom is 0.358 e. The smallest absolute Gasteiger partial charge is 0.358 e. The van der Waals surface area contributed by atoms with Gasteiger partial charge < -0.3 is 10.0 Å². The van der Waals surface area contributed by atoms with E-state index >= 15 is 0 Å². The molecule has 7 heteroatoms. The Labute approximate surface area is 112 Å². The number of amides is 1. The first-order valence-corrected chi connectivity index (χ1v) is 6.33. The minimum Gasteiger partial charge on any atom is -0.476 e. The van der Waals surface area contributed by atoms with E-state index in [4.69, 9.17) is 5.11 Å². The lowest BCUT2D eigenvalue weighted by molar-refractivity contribution is -0.128. The first-order valence-electron chi connectivity index (χ1n) is 6.33. The summed E-state index contributed by atoms with van der Waals surface area (Å²) >= 11 is 0. The maximum absolute atomic E-state index is 11.4. The molecular weight excluding hydrogens is 248 g/mol. The highest BCUT2D eigenvalue weighted by Gasteiger charge is 2.18. The Morgan fingerprint density at radius 2 is 2.05 bits per heavy atom. The van der Waals surface area contributed by atoms with E-state index in [-0.39, 0.29) is 11.6 Å². The number of nitrogens with zero attached hydrogens (tertiary/aromatic N) is 4. The number of carbonyl (C=O) groups excluding carboxylic acids is 1. The van der Waals surface area contributed by atoms with Crippen LogP contribution in [0.25, 0.3) is 0 Å². The highest BCUT2D eigenvalue weighted by Crippen LogP contribution is 2.10. The van der Waals surface area contributed by atoms with Gasteiger partial charge in [0.1, 0.15) is 0 Å². The lowest BCUT2D eigenvalue weighted by Crippen LogP contribution is -2.21. The molecule has 1 amide bonds. The van der Waals surface area contributed by atoms with Crippen molar-refractivity contribution in [2.24, 2.45) is 0 Å². The molecule has 0 spiro atoms. The van der Waals surface area contributed by atoms with Gasteiger partial charge in [-0.05, 0) is 12.8 Å². The summed E-state index contributed by atoms with van der Waals surface area (Å²) in [6.45, 7) is 2.48. The topological polar surface area (TPSA) is 88.3 Å². The van der Waals surface area contributed by atoms with Crippen LogP contribution in [0.3, 0.4) is 0 Å². The van der Waals surface area contributed by atoms with Crippen molar-refractivity contribution >= 4 is 11.9 Å². The third-order valence-corrected chi connectivity index (χ3v) is 2.79.